The van der Waals surface area contributed by atoms with Crippen LogP contribution in [0.3, 0.4) is 0 Å². The molecule has 1 amide bonds. The number of hydrogen-bond acceptors (Lipinski definition) is 4. The lowest BCUT2D eigenvalue weighted by Gasteiger charge is -2.20. The first-order chi connectivity index (χ1) is 8.87. The van der Waals surface area contributed by atoms with Crippen molar-refractivity contribution in [1.82, 2.24) is 10.6 Å². The van der Waals surface area contributed by atoms with Crippen LogP contribution in [0.5, 0.6) is 0 Å². The fraction of sp³-hybridized carbons (Fsp3) is 0.643. The van der Waals surface area contributed by atoms with E-state index in [9.17, 15) is 4.79 Å². The van der Waals surface area contributed by atoms with Gasteiger partial charge < -0.3 is 15.4 Å². The van der Waals surface area contributed by atoms with E-state index in [-0.39, 0.29) is 6.09 Å². The fourth-order valence-corrected chi connectivity index (χ4v) is 2.44. The zero-order valence-electron chi connectivity index (χ0n) is 12.2. The predicted molar refractivity (Wildman–Crippen MR) is 79.7 cm³/mol. The van der Waals surface area contributed by atoms with Crippen molar-refractivity contribution in [3.8, 4) is 0 Å². The molecule has 5 heteroatoms. The third kappa shape index (κ3) is 7.85. The van der Waals surface area contributed by atoms with Crippen LogP contribution in [-0.4, -0.2) is 30.8 Å². The van der Waals surface area contributed by atoms with Gasteiger partial charge in [0.1, 0.15) is 5.60 Å². The number of ether oxygens (including phenoxy) is 1. The quantitative estimate of drug-likeness (QED) is 0.790. The molecule has 0 saturated heterocycles. The molecule has 19 heavy (non-hydrogen) atoms. The van der Waals surface area contributed by atoms with Crippen molar-refractivity contribution in [2.24, 2.45) is 0 Å². The maximum atomic E-state index is 11.4. The Morgan fingerprint density at radius 3 is 2.74 bits per heavy atom. The summed E-state index contributed by atoms with van der Waals surface area (Å²) in [7, 11) is 0. The Morgan fingerprint density at radius 1 is 1.42 bits per heavy atom. The van der Waals surface area contributed by atoms with Crippen molar-refractivity contribution in [3.05, 3.63) is 22.4 Å². The minimum atomic E-state index is -0.441. The number of thiophene rings is 1. The number of amides is 1. The molecule has 1 rings (SSSR count). The third-order valence-corrected chi connectivity index (χ3v) is 3.27. The topological polar surface area (TPSA) is 50.4 Å². The van der Waals surface area contributed by atoms with Gasteiger partial charge in [-0.25, -0.2) is 4.79 Å². The van der Waals surface area contributed by atoms with Gasteiger partial charge in [0.25, 0.3) is 0 Å². The average molecular weight is 284 g/mol. The summed E-state index contributed by atoms with van der Waals surface area (Å²) in [6.45, 7) is 9.03. The fourth-order valence-electron chi connectivity index (χ4n) is 1.60. The monoisotopic (exact) mass is 284 g/mol. The van der Waals surface area contributed by atoms with Crippen LogP contribution in [-0.2, 0) is 11.2 Å². The van der Waals surface area contributed by atoms with Gasteiger partial charge in [0.2, 0.25) is 0 Å². The number of alkyl carbamates (subject to hydrolysis) is 1. The smallest absolute Gasteiger partial charge is 0.407 e. The standard InChI is InChI=1S/C14H24N2O2S/c1-11(10-12-6-5-9-19-12)15-7-8-16-13(17)18-14(2,3)4/h5-6,9,11,15H,7-8,10H2,1-4H3,(H,16,17). The SMILES string of the molecule is CC(Cc1cccs1)NCCNC(=O)OC(C)(C)C. The molecule has 0 aliphatic heterocycles. The molecule has 0 aromatic carbocycles. The summed E-state index contributed by atoms with van der Waals surface area (Å²) in [5.74, 6) is 0. The van der Waals surface area contributed by atoms with E-state index in [1.807, 2.05) is 20.8 Å². The molecular formula is C14H24N2O2S. The summed E-state index contributed by atoms with van der Waals surface area (Å²) in [5.41, 5.74) is -0.441. The van der Waals surface area contributed by atoms with Crippen LogP contribution in [0, 0.1) is 0 Å². The van der Waals surface area contributed by atoms with E-state index >= 15 is 0 Å². The Kier molecular flexibility index (Phi) is 6.31. The molecular weight excluding hydrogens is 260 g/mol. The van der Waals surface area contributed by atoms with Crippen molar-refractivity contribution in [3.63, 3.8) is 0 Å². The van der Waals surface area contributed by atoms with Gasteiger partial charge in [0.15, 0.2) is 0 Å². The second kappa shape index (κ2) is 7.50. The second-order valence-electron chi connectivity index (χ2n) is 5.57. The Balaban J connectivity index is 2.09. The van der Waals surface area contributed by atoms with Crippen LogP contribution in [0.4, 0.5) is 4.79 Å². The van der Waals surface area contributed by atoms with Gasteiger partial charge in [0.05, 0.1) is 0 Å². The first kappa shape index (κ1) is 16.0. The number of carbonyl (C=O) groups excluding carboxylic acids is 1. The molecule has 1 aromatic heterocycles. The Labute approximate surface area is 119 Å². The summed E-state index contributed by atoms with van der Waals surface area (Å²) in [4.78, 5) is 12.8. The van der Waals surface area contributed by atoms with Gasteiger partial charge in [-0.2, -0.15) is 0 Å². The molecule has 1 unspecified atom stereocenters. The molecule has 0 aliphatic carbocycles. The van der Waals surface area contributed by atoms with Crippen LogP contribution in [0.2, 0.25) is 0 Å². The van der Waals surface area contributed by atoms with Crippen LogP contribution in [0.1, 0.15) is 32.6 Å². The highest BCUT2D eigenvalue weighted by Gasteiger charge is 2.15. The van der Waals surface area contributed by atoms with Crippen molar-refractivity contribution in [1.29, 1.82) is 0 Å². The first-order valence-corrected chi connectivity index (χ1v) is 7.47. The van der Waals surface area contributed by atoms with E-state index in [1.165, 1.54) is 4.88 Å². The molecule has 0 bridgehead atoms. The van der Waals surface area contributed by atoms with Crippen LogP contribution < -0.4 is 10.6 Å². The molecule has 108 valence electrons. The van der Waals surface area contributed by atoms with E-state index in [0.717, 1.165) is 13.0 Å². The number of rotatable bonds is 6. The Hall–Kier alpha value is -1.07. The molecule has 2 N–H and O–H groups in total. The normalized spacial score (nSPS) is 13.1. The molecule has 1 atom stereocenters. The molecule has 0 aliphatic rings. The van der Waals surface area contributed by atoms with E-state index in [2.05, 4.69) is 35.1 Å². The number of nitrogens with one attached hydrogen (secondary N) is 2. The molecule has 0 radical (unpaired) electrons. The highest BCUT2D eigenvalue weighted by Crippen LogP contribution is 2.10. The van der Waals surface area contributed by atoms with Gasteiger partial charge in [-0.3, -0.25) is 0 Å². The van der Waals surface area contributed by atoms with Crippen molar-refractivity contribution >= 4 is 17.4 Å². The Morgan fingerprint density at radius 2 is 2.16 bits per heavy atom. The van der Waals surface area contributed by atoms with Crippen molar-refractivity contribution in [2.45, 2.75) is 45.8 Å². The third-order valence-electron chi connectivity index (χ3n) is 2.37. The molecule has 1 aromatic rings. The van der Waals surface area contributed by atoms with Crippen LogP contribution >= 0.6 is 11.3 Å². The maximum absolute atomic E-state index is 11.4. The molecule has 4 nitrogen and oxygen atoms in total. The van der Waals surface area contributed by atoms with E-state index in [1.54, 1.807) is 11.3 Å². The lowest BCUT2D eigenvalue weighted by Crippen LogP contribution is -2.38. The highest BCUT2D eigenvalue weighted by molar-refractivity contribution is 7.09. The van der Waals surface area contributed by atoms with Gasteiger partial charge in [-0.15, -0.1) is 11.3 Å². The second-order valence-corrected chi connectivity index (χ2v) is 6.60. The summed E-state index contributed by atoms with van der Waals surface area (Å²) in [6, 6.07) is 4.61. The number of hydrogen-bond donors (Lipinski definition) is 2. The van der Waals surface area contributed by atoms with Gasteiger partial charge in [-0.05, 0) is 45.6 Å². The minimum Gasteiger partial charge on any atom is -0.444 e. The average Bonchev–Trinajstić information content (AvgIpc) is 2.74. The summed E-state index contributed by atoms with van der Waals surface area (Å²) < 4.78 is 5.15. The molecule has 0 fully saturated rings. The summed E-state index contributed by atoms with van der Waals surface area (Å²) >= 11 is 1.77. The first-order valence-electron chi connectivity index (χ1n) is 6.59. The van der Waals surface area contributed by atoms with Crippen LogP contribution in [0.15, 0.2) is 17.5 Å². The van der Waals surface area contributed by atoms with Gasteiger partial charge >= 0.3 is 6.09 Å². The summed E-state index contributed by atoms with van der Waals surface area (Å²) in [6.07, 6.45) is 0.657. The van der Waals surface area contributed by atoms with E-state index < -0.39 is 5.60 Å². The zero-order chi connectivity index (χ0) is 14.3. The predicted octanol–water partition coefficient (Wildman–Crippen LogP) is 2.79. The Bertz CT molecular complexity index is 371. The largest absolute Gasteiger partial charge is 0.444 e. The lowest BCUT2D eigenvalue weighted by atomic mass is 10.2. The van der Waals surface area contributed by atoms with Crippen molar-refractivity contribution < 1.29 is 9.53 Å². The van der Waals surface area contributed by atoms with E-state index in [0.29, 0.717) is 12.6 Å². The number of carbonyl (C=O) groups is 1. The van der Waals surface area contributed by atoms with Crippen molar-refractivity contribution in [2.75, 3.05) is 13.1 Å². The summed E-state index contributed by atoms with van der Waals surface area (Å²) in [5, 5.41) is 8.20. The molecule has 0 spiro atoms. The molecule has 0 saturated carbocycles. The minimum absolute atomic E-state index is 0.361. The maximum Gasteiger partial charge on any atom is 0.407 e. The van der Waals surface area contributed by atoms with Gasteiger partial charge in [-0.1, -0.05) is 6.07 Å². The van der Waals surface area contributed by atoms with Crippen LogP contribution in [0.25, 0.3) is 0 Å². The lowest BCUT2D eigenvalue weighted by molar-refractivity contribution is 0.0528. The molecule has 1 heterocycles. The van der Waals surface area contributed by atoms with Gasteiger partial charge in [0, 0.05) is 24.0 Å². The van der Waals surface area contributed by atoms with E-state index in [4.69, 9.17) is 4.74 Å². The highest BCUT2D eigenvalue weighted by atomic mass is 32.1. The zero-order valence-corrected chi connectivity index (χ0v) is 13.0.